The summed E-state index contributed by atoms with van der Waals surface area (Å²) < 4.78 is 19.0. The van der Waals surface area contributed by atoms with Gasteiger partial charge in [0.15, 0.2) is 14.1 Å². The topological polar surface area (TPSA) is 47.9 Å². The van der Waals surface area contributed by atoms with Crippen LogP contribution in [0.1, 0.15) is 125 Å². The second-order valence-electron chi connectivity index (χ2n) is 11.9. The van der Waals surface area contributed by atoms with Crippen molar-refractivity contribution in [2.24, 2.45) is 0 Å². The number of hydrogen-bond donors (Lipinski definition) is 1. The first-order valence-electron chi connectivity index (χ1n) is 13.6. The third-order valence-corrected chi connectivity index (χ3v) is 11.9. The number of unbranched alkanes of at least 4 members (excludes halogenated alkanes) is 11. The molecule has 1 heterocycles. The molecule has 1 N–H and O–H groups in total. The second kappa shape index (κ2) is 14.5. The largest absolute Gasteiger partial charge is 0.409 e. The van der Waals surface area contributed by atoms with Gasteiger partial charge in [0.05, 0.1) is 18.8 Å². The Bertz CT molecular complexity index is 487. The van der Waals surface area contributed by atoms with Crippen LogP contribution in [0, 0.1) is 0 Å². The zero-order chi connectivity index (χ0) is 24.3. The van der Waals surface area contributed by atoms with Gasteiger partial charge in [-0.15, -0.1) is 0 Å². The van der Waals surface area contributed by atoms with Crippen molar-refractivity contribution >= 4 is 8.32 Å². The van der Waals surface area contributed by atoms with Crippen LogP contribution in [-0.4, -0.2) is 44.1 Å². The summed E-state index contributed by atoms with van der Waals surface area (Å²) >= 11 is 0. The molecular formula is C27H56O4Si. The summed E-state index contributed by atoms with van der Waals surface area (Å²) in [5.41, 5.74) is 0. The fourth-order valence-electron chi connectivity index (χ4n) is 4.35. The van der Waals surface area contributed by atoms with Crippen molar-refractivity contribution in [3.05, 3.63) is 0 Å². The predicted octanol–water partition coefficient (Wildman–Crippen LogP) is 7.98. The molecule has 4 nitrogen and oxygen atoms in total. The van der Waals surface area contributed by atoms with E-state index in [0.717, 1.165) is 12.8 Å². The average Bonchev–Trinajstić information content (AvgIpc) is 3.00. The van der Waals surface area contributed by atoms with E-state index in [1.165, 1.54) is 70.6 Å². The number of aliphatic hydroxyl groups excluding tert-OH is 1. The van der Waals surface area contributed by atoms with Crippen LogP contribution >= 0.6 is 0 Å². The van der Waals surface area contributed by atoms with Crippen molar-refractivity contribution in [3.63, 3.8) is 0 Å². The fraction of sp³-hybridized carbons (Fsp3) is 1.00. The molecule has 0 amide bonds. The van der Waals surface area contributed by atoms with Crippen molar-refractivity contribution in [3.8, 4) is 0 Å². The smallest absolute Gasteiger partial charge is 0.192 e. The Hall–Kier alpha value is 0.0569. The lowest BCUT2D eigenvalue weighted by Gasteiger charge is -2.40. The molecule has 1 fully saturated rings. The highest BCUT2D eigenvalue weighted by molar-refractivity contribution is 6.74. The molecule has 0 aromatic rings. The summed E-state index contributed by atoms with van der Waals surface area (Å²) in [7, 11) is -2.00. The van der Waals surface area contributed by atoms with E-state index in [1.54, 1.807) is 0 Å². The average molecular weight is 473 g/mol. The number of rotatable bonds is 17. The zero-order valence-corrected chi connectivity index (χ0v) is 23.8. The highest BCUT2D eigenvalue weighted by Crippen LogP contribution is 2.40. The Morgan fingerprint density at radius 3 is 1.75 bits per heavy atom. The van der Waals surface area contributed by atoms with Crippen molar-refractivity contribution in [2.45, 2.75) is 167 Å². The fourth-order valence-corrected chi connectivity index (χ4v) is 5.67. The highest BCUT2D eigenvalue weighted by Gasteiger charge is 2.48. The van der Waals surface area contributed by atoms with Crippen molar-refractivity contribution < 1.29 is 19.0 Å². The van der Waals surface area contributed by atoms with Gasteiger partial charge >= 0.3 is 0 Å². The summed E-state index contributed by atoms with van der Waals surface area (Å²) in [4.78, 5) is 0. The normalized spacial score (nSPS) is 22.4. The van der Waals surface area contributed by atoms with Crippen LogP contribution in [0.15, 0.2) is 0 Å². The molecule has 0 aromatic carbocycles. The monoisotopic (exact) mass is 472 g/mol. The molecule has 0 unspecified atom stereocenters. The molecule has 0 saturated carbocycles. The summed E-state index contributed by atoms with van der Waals surface area (Å²) in [6, 6.07) is 0. The minimum absolute atomic E-state index is 0.00459. The second-order valence-corrected chi connectivity index (χ2v) is 16.7. The maximum Gasteiger partial charge on any atom is 0.192 e. The zero-order valence-electron chi connectivity index (χ0n) is 22.8. The summed E-state index contributed by atoms with van der Waals surface area (Å²) in [5.74, 6) is -0.614. The summed E-state index contributed by atoms with van der Waals surface area (Å²) in [6.07, 6.45) is 16.7. The third kappa shape index (κ3) is 11.0. The van der Waals surface area contributed by atoms with Crippen LogP contribution in [0.4, 0.5) is 0 Å². The van der Waals surface area contributed by atoms with Gasteiger partial charge < -0.3 is 19.0 Å². The summed E-state index contributed by atoms with van der Waals surface area (Å²) in [6.45, 7) is 17.4. The van der Waals surface area contributed by atoms with Gasteiger partial charge in [-0.3, -0.25) is 0 Å². The molecule has 3 atom stereocenters. The summed E-state index contributed by atoms with van der Waals surface area (Å²) in [5, 5.41) is 10.2. The first-order chi connectivity index (χ1) is 14.9. The Labute approximate surface area is 201 Å². The molecular weight excluding hydrogens is 416 g/mol. The third-order valence-electron chi connectivity index (χ3n) is 7.36. The SMILES string of the molecule is CCCCCCCCCCCCCC[C@H]1OC(C)(C)O[C@H]1[C@H](CO)O[Si](C)(C)C(C)(C)C. The van der Waals surface area contributed by atoms with Crippen molar-refractivity contribution in [2.75, 3.05) is 6.61 Å². The quantitative estimate of drug-likeness (QED) is 0.172. The lowest BCUT2D eigenvalue weighted by atomic mass is 10.0. The van der Waals surface area contributed by atoms with Crippen LogP contribution < -0.4 is 0 Å². The van der Waals surface area contributed by atoms with Gasteiger partial charge in [-0.05, 0) is 38.4 Å². The van der Waals surface area contributed by atoms with E-state index in [4.69, 9.17) is 13.9 Å². The van der Waals surface area contributed by atoms with Crippen LogP contribution in [0.2, 0.25) is 18.1 Å². The van der Waals surface area contributed by atoms with Crippen LogP contribution in [0.5, 0.6) is 0 Å². The van der Waals surface area contributed by atoms with E-state index in [1.807, 2.05) is 13.8 Å². The van der Waals surface area contributed by atoms with E-state index in [2.05, 4.69) is 40.8 Å². The predicted molar refractivity (Wildman–Crippen MR) is 139 cm³/mol. The van der Waals surface area contributed by atoms with Gasteiger partial charge in [-0.2, -0.15) is 0 Å². The minimum atomic E-state index is -2.00. The number of ether oxygens (including phenoxy) is 2. The first-order valence-corrected chi connectivity index (χ1v) is 16.5. The maximum absolute atomic E-state index is 10.1. The molecule has 0 radical (unpaired) electrons. The maximum atomic E-state index is 10.1. The van der Waals surface area contributed by atoms with Crippen LogP contribution in [-0.2, 0) is 13.9 Å². The molecule has 1 saturated heterocycles. The lowest BCUT2D eigenvalue weighted by molar-refractivity contribution is -0.156. The Morgan fingerprint density at radius 1 is 0.844 bits per heavy atom. The molecule has 1 rings (SSSR count). The van der Waals surface area contributed by atoms with Crippen molar-refractivity contribution in [1.29, 1.82) is 0 Å². The van der Waals surface area contributed by atoms with Gasteiger partial charge in [0, 0.05) is 0 Å². The molecule has 0 bridgehead atoms. The van der Waals surface area contributed by atoms with Gasteiger partial charge in [-0.1, -0.05) is 105 Å². The molecule has 5 heteroatoms. The highest BCUT2D eigenvalue weighted by atomic mass is 28.4. The van der Waals surface area contributed by atoms with Crippen molar-refractivity contribution in [1.82, 2.24) is 0 Å². The van der Waals surface area contributed by atoms with Gasteiger partial charge in [-0.25, -0.2) is 0 Å². The van der Waals surface area contributed by atoms with Gasteiger partial charge in [0.25, 0.3) is 0 Å². The lowest BCUT2D eigenvalue weighted by Crippen LogP contribution is -2.50. The molecule has 0 aliphatic carbocycles. The molecule has 32 heavy (non-hydrogen) atoms. The Kier molecular flexibility index (Phi) is 13.6. The van der Waals surface area contributed by atoms with Gasteiger partial charge in [0.1, 0.15) is 6.10 Å². The van der Waals surface area contributed by atoms with E-state index in [-0.39, 0.29) is 30.0 Å². The molecule has 0 aromatic heterocycles. The van der Waals surface area contributed by atoms with Crippen LogP contribution in [0.3, 0.4) is 0 Å². The number of aliphatic hydroxyl groups is 1. The van der Waals surface area contributed by atoms with E-state index in [9.17, 15) is 5.11 Å². The van der Waals surface area contributed by atoms with E-state index in [0.29, 0.717) is 0 Å². The molecule has 1 aliphatic heterocycles. The first kappa shape index (κ1) is 30.1. The molecule has 0 spiro atoms. The van der Waals surface area contributed by atoms with E-state index < -0.39 is 14.1 Å². The minimum Gasteiger partial charge on any atom is -0.409 e. The molecule has 192 valence electrons. The number of hydrogen-bond acceptors (Lipinski definition) is 4. The van der Waals surface area contributed by atoms with E-state index >= 15 is 0 Å². The Balaban J connectivity index is 2.36. The van der Waals surface area contributed by atoms with Crippen LogP contribution in [0.25, 0.3) is 0 Å². The van der Waals surface area contributed by atoms with Gasteiger partial charge in [0.2, 0.25) is 0 Å². The molecule has 1 aliphatic rings. The Morgan fingerprint density at radius 2 is 1.31 bits per heavy atom. The standard InChI is InChI=1S/C27H56O4Si/c1-9-10-11-12-13-14-15-16-17-18-19-20-21-23-25(30-27(5,6)29-23)24(22-28)31-32(7,8)26(2,3)4/h23-25,28H,9-22H2,1-8H3/t23-,24+,25-/m1/s1.